The van der Waals surface area contributed by atoms with Gasteiger partial charge in [-0.25, -0.2) is 0 Å². The maximum absolute atomic E-state index is 13.2. The second-order valence-electron chi connectivity index (χ2n) is 17.7. The second-order valence-corrected chi connectivity index (χ2v) is 17.7. The molecule has 2 saturated heterocycles. The van der Waals surface area contributed by atoms with E-state index >= 15 is 0 Å². The highest BCUT2D eigenvalue weighted by Crippen LogP contribution is 2.67. The number of likely N-dealkylation sites (N-methyl/N-ethyl adjacent to an activating group) is 1. The molecular weight excluding hydrogens is 548 g/mol. The molecule has 0 N–H and O–H groups in total. The van der Waals surface area contributed by atoms with Crippen LogP contribution in [-0.2, 0) is 19.1 Å². The normalized spacial score (nSPS) is 44.0. The fraction of sp³-hybridized carbons (Fsp3) is 0.947. The third-order valence-corrected chi connectivity index (χ3v) is 14.5. The molecule has 3 unspecified atom stereocenters. The zero-order valence-electron chi connectivity index (χ0n) is 29.3. The maximum Gasteiger partial charge on any atom is 0.308 e. The Hall–Kier alpha value is -1.14. The number of piperidine rings is 2. The standard InChI is InChI=1S/C38H65N2O4/c1-25(2)35(41)43-33-22-27-14-15-28-29(38(27,6)24-31(33)39-18-10-8-11-19-39)16-17-37(5)30(28)23-32(34(37)44-36(42)26(3)4)40(7)20-12-9-13-21-40/h25-34H,8-24H2,1-7H3/q+1/t27-,28?,29?,30?,31-,32-,33-,34-,37-,38-/m0/s1. The smallest absolute Gasteiger partial charge is 0.308 e. The van der Waals surface area contributed by atoms with Gasteiger partial charge in [0.1, 0.15) is 12.1 Å². The first kappa shape index (κ1) is 32.8. The zero-order chi connectivity index (χ0) is 31.4. The molecule has 0 radical (unpaired) electrons. The summed E-state index contributed by atoms with van der Waals surface area (Å²) in [6.45, 7) is 17.9. The van der Waals surface area contributed by atoms with Gasteiger partial charge in [0.05, 0.1) is 32.0 Å². The Bertz CT molecular complexity index is 1050. The summed E-state index contributed by atoms with van der Waals surface area (Å²) >= 11 is 0. The molecular formula is C38H65N2O4+. The Morgan fingerprint density at radius 2 is 1.41 bits per heavy atom. The van der Waals surface area contributed by atoms with Crippen molar-refractivity contribution in [1.29, 1.82) is 0 Å². The van der Waals surface area contributed by atoms with Crippen molar-refractivity contribution in [2.24, 2.45) is 46.3 Å². The molecule has 4 saturated carbocycles. The molecule has 0 spiro atoms. The molecule has 6 nitrogen and oxygen atoms in total. The Kier molecular flexibility index (Phi) is 9.29. The van der Waals surface area contributed by atoms with Crippen LogP contribution in [0.15, 0.2) is 0 Å². The minimum Gasteiger partial charge on any atom is -0.460 e. The monoisotopic (exact) mass is 613 g/mol. The topological polar surface area (TPSA) is 55.8 Å². The maximum atomic E-state index is 13.2. The summed E-state index contributed by atoms with van der Waals surface area (Å²) in [6, 6.07) is 0.768. The molecule has 6 rings (SSSR count). The second kappa shape index (κ2) is 12.5. The van der Waals surface area contributed by atoms with Gasteiger partial charge in [0.2, 0.25) is 0 Å². The van der Waals surface area contributed by atoms with Crippen molar-refractivity contribution in [1.82, 2.24) is 4.90 Å². The predicted octanol–water partition coefficient (Wildman–Crippen LogP) is 7.24. The quantitative estimate of drug-likeness (QED) is 0.234. The number of esters is 2. The number of nitrogens with zero attached hydrogens (tertiary/aromatic N) is 2. The van der Waals surface area contributed by atoms with E-state index in [-0.39, 0.29) is 46.8 Å². The van der Waals surface area contributed by atoms with Crippen molar-refractivity contribution in [3.8, 4) is 0 Å². The van der Waals surface area contributed by atoms with Crippen LogP contribution in [0.25, 0.3) is 0 Å². The van der Waals surface area contributed by atoms with Gasteiger partial charge in [0.25, 0.3) is 0 Å². The predicted molar refractivity (Wildman–Crippen MR) is 175 cm³/mol. The number of ether oxygens (including phenoxy) is 2. The van der Waals surface area contributed by atoms with E-state index in [1.165, 1.54) is 90.1 Å². The van der Waals surface area contributed by atoms with Crippen molar-refractivity contribution in [2.45, 2.75) is 149 Å². The van der Waals surface area contributed by atoms with Gasteiger partial charge >= 0.3 is 11.9 Å². The fourth-order valence-electron chi connectivity index (χ4n) is 11.9. The molecule has 2 aliphatic heterocycles. The summed E-state index contributed by atoms with van der Waals surface area (Å²) in [4.78, 5) is 28.9. The Morgan fingerprint density at radius 1 is 0.773 bits per heavy atom. The van der Waals surface area contributed by atoms with Crippen LogP contribution in [0.3, 0.4) is 0 Å². The number of carbonyl (C=O) groups excluding carboxylic acids is 2. The van der Waals surface area contributed by atoms with Crippen molar-refractivity contribution >= 4 is 11.9 Å². The fourth-order valence-corrected chi connectivity index (χ4v) is 11.9. The van der Waals surface area contributed by atoms with Gasteiger partial charge in [0.15, 0.2) is 6.10 Å². The van der Waals surface area contributed by atoms with Crippen molar-refractivity contribution in [2.75, 3.05) is 33.2 Å². The van der Waals surface area contributed by atoms with E-state index in [1.807, 2.05) is 27.7 Å². The highest BCUT2D eigenvalue weighted by Gasteiger charge is 2.67. The summed E-state index contributed by atoms with van der Waals surface area (Å²) in [5, 5.41) is 0. The van der Waals surface area contributed by atoms with Crippen LogP contribution in [0, 0.1) is 46.3 Å². The number of rotatable bonds is 6. The third kappa shape index (κ3) is 5.69. The van der Waals surface area contributed by atoms with Crippen LogP contribution < -0.4 is 0 Å². The van der Waals surface area contributed by atoms with Gasteiger partial charge in [-0.1, -0.05) is 48.0 Å². The van der Waals surface area contributed by atoms with Crippen molar-refractivity contribution in [3.63, 3.8) is 0 Å². The average molecular weight is 614 g/mol. The van der Waals surface area contributed by atoms with E-state index in [1.54, 1.807) is 0 Å². The average Bonchev–Trinajstić information content (AvgIpc) is 3.30. The van der Waals surface area contributed by atoms with Crippen LogP contribution >= 0.6 is 0 Å². The minimum absolute atomic E-state index is 0.00178. The number of carbonyl (C=O) groups is 2. The minimum atomic E-state index is -0.0812. The molecule has 6 fully saturated rings. The first-order valence-corrected chi connectivity index (χ1v) is 18.9. The van der Waals surface area contributed by atoms with Gasteiger partial charge in [-0.2, -0.15) is 0 Å². The molecule has 10 atom stereocenters. The van der Waals surface area contributed by atoms with Crippen molar-refractivity contribution < 1.29 is 23.5 Å². The molecule has 0 aromatic carbocycles. The largest absolute Gasteiger partial charge is 0.460 e. The van der Waals surface area contributed by atoms with Crippen LogP contribution in [0.5, 0.6) is 0 Å². The van der Waals surface area contributed by atoms with Crippen LogP contribution in [0.4, 0.5) is 0 Å². The first-order valence-electron chi connectivity index (χ1n) is 18.9. The van der Waals surface area contributed by atoms with Crippen LogP contribution in [0.1, 0.15) is 125 Å². The van der Waals surface area contributed by atoms with Crippen LogP contribution in [0.2, 0.25) is 0 Å². The third-order valence-electron chi connectivity index (χ3n) is 14.5. The lowest BCUT2D eigenvalue weighted by molar-refractivity contribution is -0.940. The molecule has 0 aromatic heterocycles. The lowest BCUT2D eigenvalue weighted by atomic mass is 9.44. The summed E-state index contributed by atoms with van der Waals surface area (Å²) in [5.41, 5.74) is 0.341. The number of fused-ring (bicyclic) bond motifs is 5. The zero-order valence-corrected chi connectivity index (χ0v) is 29.3. The molecule has 0 bridgehead atoms. The van der Waals surface area contributed by atoms with E-state index in [4.69, 9.17) is 9.47 Å². The molecule has 6 heteroatoms. The molecule has 0 aromatic rings. The molecule has 44 heavy (non-hydrogen) atoms. The van der Waals surface area contributed by atoms with Gasteiger partial charge in [-0.05, 0) is 113 Å². The number of likely N-dealkylation sites (tertiary alicyclic amines) is 2. The SMILES string of the molecule is CC(C)C(=O)O[C@H]1C[C@@H]2CCC3C4C[C@H]([N+]5(C)CCCCC5)[C@H](OC(=O)C(C)C)[C@@]4(C)CCC3[C@@]2(C)C[C@@H]1N1CCCCC1. The Morgan fingerprint density at radius 3 is 2.07 bits per heavy atom. The van der Waals surface area contributed by atoms with Crippen molar-refractivity contribution in [3.05, 3.63) is 0 Å². The summed E-state index contributed by atoms with van der Waals surface area (Å²) < 4.78 is 14.1. The number of hydrogen-bond acceptors (Lipinski definition) is 5. The van der Waals surface area contributed by atoms with Gasteiger partial charge < -0.3 is 14.0 Å². The summed E-state index contributed by atoms with van der Waals surface area (Å²) in [6.07, 6.45) is 16.2. The Labute approximate surface area is 268 Å². The van der Waals surface area contributed by atoms with Gasteiger partial charge in [-0.3, -0.25) is 14.5 Å². The lowest BCUT2D eigenvalue weighted by Crippen LogP contribution is -2.61. The molecule has 0 amide bonds. The van der Waals surface area contributed by atoms with Crippen LogP contribution in [-0.4, -0.2) is 78.8 Å². The number of hydrogen-bond donors (Lipinski definition) is 0. The van der Waals surface area contributed by atoms with E-state index in [0.29, 0.717) is 35.8 Å². The first-order chi connectivity index (χ1) is 20.9. The number of quaternary nitrogens is 1. The van der Waals surface area contributed by atoms with Gasteiger partial charge in [0, 0.05) is 17.9 Å². The summed E-state index contributed by atoms with van der Waals surface area (Å²) in [7, 11) is 2.49. The highest BCUT2D eigenvalue weighted by atomic mass is 16.6. The molecule has 6 aliphatic rings. The molecule has 250 valence electrons. The highest BCUT2D eigenvalue weighted by molar-refractivity contribution is 5.72. The van der Waals surface area contributed by atoms with E-state index in [0.717, 1.165) is 24.0 Å². The van der Waals surface area contributed by atoms with E-state index < -0.39 is 0 Å². The molecule has 4 aliphatic carbocycles. The van der Waals surface area contributed by atoms with E-state index in [9.17, 15) is 9.59 Å². The van der Waals surface area contributed by atoms with E-state index in [2.05, 4.69) is 25.8 Å². The lowest BCUT2D eigenvalue weighted by Gasteiger charge is -2.62. The summed E-state index contributed by atoms with van der Waals surface area (Å²) in [5.74, 6) is 2.48. The molecule has 2 heterocycles. The van der Waals surface area contributed by atoms with Gasteiger partial charge in [-0.15, -0.1) is 0 Å². The Balaban J connectivity index is 1.29.